The van der Waals surface area contributed by atoms with Crippen LogP contribution in [0.15, 0.2) is 18.2 Å². The number of hydrogen-bond acceptors (Lipinski definition) is 5. The fraction of sp³-hybridized carbons (Fsp3) is 0.429. The molecule has 0 bridgehead atoms. The molecule has 1 aromatic carbocycles. The Labute approximate surface area is 165 Å². The number of methoxy groups -OCH3 is 3. The second-order valence-corrected chi connectivity index (χ2v) is 6.91. The molecule has 1 unspecified atom stereocenters. The first-order valence-electron chi connectivity index (χ1n) is 9.10. The average molecular weight is 389 g/mol. The Morgan fingerprint density at radius 3 is 2.32 bits per heavy atom. The van der Waals surface area contributed by atoms with E-state index in [0.29, 0.717) is 40.6 Å². The molecule has 7 nitrogen and oxygen atoms in total. The third-order valence-electron chi connectivity index (χ3n) is 5.14. The van der Waals surface area contributed by atoms with Crippen LogP contribution in [0.3, 0.4) is 0 Å². The second kappa shape index (κ2) is 8.93. The zero-order valence-corrected chi connectivity index (χ0v) is 17.6. The molecular formula is C21H29N2O5+. The van der Waals surface area contributed by atoms with Crippen LogP contribution in [0.2, 0.25) is 0 Å². The van der Waals surface area contributed by atoms with Gasteiger partial charge < -0.3 is 24.1 Å². The number of likely N-dealkylation sites (N-methyl/N-ethyl adjacent to an activating group) is 1. The van der Waals surface area contributed by atoms with E-state index in [4.69, 9.17) is 14.2 Å². The molecule has 2 rings (SSSR count). The van der Waals surface area contributed by atoms with Crippen molar-refractivity contribution in [2.45, 2.75) is 33.4 Å². The summed E-state index contributed by atoms with van der Waals surface area (Å²) in [6, 6.07) is 5.42. The first-order chi connectivity index (χ1) is 13.2. The van der Waals surface area contributed by atoms with Crippen molar-refractivity contribution in [3.8, 4) is 11.5 Å². The summed E-state index contributed by atoms with van der Waals surface area (Å²) in [7, 11) is 6.49. The molecule has 0 saturated carbocycles. The van der Waals surface area contributed by atoms with Gasteiger partial charge in [0.25, 0.3) is 0 Å². The minimum absolute atomic E-state index is 0.0475. The molecule has 28 heavy (non-hydrogen) atoms. The molecule has 0 amide bonds. The normalized spacial score (nSPS) is 13.0. The van der Waals surface area contributed by atoms with Crippen LogP contribution in [0.1, 0.15) is 44.6 Å². The van der Waals surface area contributed by atoms with Gasteiger partial charge in [0.2, 0.25) is 5.78 Å². The molecule has 2 N–H and O–H groups in total. The van der Waals surface area contributed by atoms with Gasteiger partial charge in [-0.2, -0.15) is 0 Å². The lowest BCUT2D eigenvalue weighted by Gasteiger charge is -2.21. The van der Waals surface area contributed by atoms with E-state index < -0.39 is 5.97 Å². The van der Waals surface area contributed by atoms with Crippen molar-refractivity contribution in [3.63, 3.8) is 0 Å². The highest BCUT2D eigenvalue weighted by atomic mass is 16.5. The van der Waals surface area contributed by atoms with E-state index >= 15 is 0 Å². The number of nitrogens with one attached hydrogen (secondary N) is 2. The van der Waals surface area contributed by atoms with Gasteiger partial charge in [-0.25, -0.2) is 4.79 Å². The molecule has 0 radical (unpaired) electrons. The number of quaternary nitrogens is 1. The predicted molar refractivity (Wildman–Crippen MR) is 106 cm³/mol. The van der Waals surface area contributed by atoms with E-state index in [1.54, 1.807) is 28.1 Å². The topological polar surface area (TPSA) is 82.1 Å². The minimum atomic E-state index is -0.441. The Hall–Kier alpha value is -2.80. The van der Waals surface area contributed by atoms with Crippen molar-refractivity contribution in [3.05, 3.63) is 46.3 Å². The molecule has 2 atom stereocenters. The second-order valence-electron chi connectivity index (χ2n) is 6.91. The van der Waals surface area contributed by atoms with Crippen LogP contribution < -0.4 is 14.4 Å². The van der Waals surface area contributed by atoms with E-state index in [-0.39, 0.29) is 11.8 Å². The van der Waals surface area contributed by atoms with E-state index in [0.717, 1.165) is 10.5 Å². The summed E-state index contributed by atoms with van der Waals surface area (Å²) in [4.78, 5) is 29.1. The number of carbonyl (C=O) groups is 2. The molecule has 152 valence electrons. The van der Waals surface area contributed by atoms with Gasteiger partial charge >= 0.3 is 5.97 Å². The number of aryl methyl sites for hydroxylation is 1. The lowest BCUT2D eigenvalue weighted by molar-refractivity contribution is -0.907. The molecule has 0 saturated heterocycles. The Morgan fingerprint density at radius 2 is 1.75 bits per heavy atom. The number of carbonyl (C=O) groups excluding carboxylic acids is 2. The molecule has 0 aliphatic heterocycles. The highest BCUT2D eigenvalue weighted by molar-refractivity contribution is 6.03. The number of esters is 1. The Morgan fingerprint density at radius 1 is 1.11 bits per heavy atom. The van der Waals surface area contributed by atoms with Gasteiger partial charge in [-0.15, -0.1) is 0 Å². The van der Waals surface area contributed by atoms with Crippen LogP contribution in [0.5, 0.6) is 11.5 Å². The number of H-pyrrole nitrogens is 1. The summed E-state index contributed by atoms with van der Waals surface area (Å²) in [5.74, 6) is 0.837. The third-order valence-corrected chi connectivity index (χ3v) is 5.14. The smallest absolute Gasteiger partial charge is 0.339 e. The van der Waals surface area contributed by atoms with Crippen LogP contribution in [0.4, 0.5) is 0 Å². The maximum Gasteiger partial charge on any atom is 0.339 e. The standard InChI is InChI=1S/C21H28N2O5/c1-12-18(21(25)28-7)13(2)22-19(12)20(24)14(3)23(4)11-15-8-9-16(26-5)17(10-15)27-6/h8-10,14,22H,11H2,1-7H3/p+1/t14-/m0/s1. The van der Waals surface area contributed by atoms with Crippen molar-refractivity contribution in [1.82, 2.24) is 4.98 Å². The number of aromatic amines is 1. The molecule has 0 aliphatic rings. The van der Waals surface area contributed by atoms with Crippen LogP contribution in [-0.4, -0.2) is 51.2 Å². The highest BCUT2D eigenvalue weighted by Gasteiger charge is 2.29. The number of aromatic nitrogens is 1. The summed E-state index contributed by atoms with van der Waals surface area (Å²) < 4.78 is 15.4. The molecular weight excluding hydrogens is 360 g/mol. The van der Waals surface area contributed by atoms with Crippen LogP contribution in [0.25, 0.3) is 0 Å². The number of ketones is 1. The number of ether oxygens (including phenoxy) is 3. The predicted octanol–water partition coefficient (Wildman–Crippen LogP) is 1.72. The molecule has 0 aliphatic carbocycles. The van der Waals surface area contributed by atoms with E-state index in [1.807, 2.05) is 32.2 Å². The van der Waals surface area contributed by atoms with E-state index in [1.165, 1.54) is 7.11 Å². The summed E-state index contributed by atoms with van der Waals surface area (Å²) in [6.45, 7) is 6.04. The SMILES string of the molecule is COC(=O)c1c(C)[nH]c(C(=O)[C@H](C)[NH+](C)Cc2ccc(OC)c(OC)c2)c1C. The van der Waals surface area contributed by atoms with E-state index in [9.17, 15) is 9.59 Å². The Bertz CT molecular complexity index is 872. The molecule has 1 heterocycles. The number of Topliss-reactive ketones (excluding diaryl/α,β-unsaturated/α-hetero) is 1. The van der Waals surface area contributed by atoms with Crippen LogP contribution in [-0.2, 0) is 11.3 Å². The summed E-state index contributed by atoms with van der Waals surface area (Å²) >= 11 is 0. The lowest BCUT2D eigenvalue weighted by Crippen LogP contribution is -3.12. The van der Waals surface area contributed by atoms with Crippen molar-refractivity contribution in [1.29, 1.82) is 0 Å². The van der Waals surface area contributed by atoms with Gasteiger partial charge in [-0.05, 0) is 44.5 Å². The monoisotopic (exact) mass is 389 g/mol. The fourth-order valence-electron chi connectivity index (χ4n) is 3.31. The average Bonchev–Trinajstić information content (AvgIpc) is 2.99. The van der Waals surface area contributed by atoms with Gasteiger partial charge in [-0.3, -0.25) is 4.79 Å². The van der Waals surface area contributed by atoms with Crippen molar-refractivity contribution in [2.75, 3.05) is 28.4 Å². The van der Waals surface area contributed by atoms with Gasteiger partial charge in [0.1, 0.15) is 6.54 Å². The van der Waals surface area contributed by atoms with Crippen molar-refractivity contribution < 1.29 is 28.7 Å². The Kier molecular flexibility index (Phi) is 6.85. The first-order valence-corrected chi connectivity index (χ1v) is 9.10. The maximum absolute atomic E-state index is 13.0. The number of rotatable bonds is 8. The third kappa shape index (κ3) is 4.20. The highest BCUT2D eigenvalue weighted by Crippen LogP contribution is 2.27. The molecule has 0 spiro atoms. The maximum atomic E-state index is 13.0. The molecule has 0 fully saturated rings. The summed E-state index contributed by atoms with van der Waals surface area (Å²) in [6.07, 6.45) is 0. The van der Waals surface area contributed by atoms with Crippen LogP contribution >= 0.6 is 0 Å². The molecule has 2 aromatic rings. The van der Waals surface area contributed by atoms with Gasteiger partial charge in [0.05, 0.1) is 39.6 Å². The largest absolute Gasteiger partial charge is 0.493 e. The van der Waals surface area contributed by atoms with Gasteiger partial charge in [0.15, 0.2) is 17.5 Å². The van der Waals surface area contributed by atoms with Crippen molar-refractivity contribution >= 4 is 11.8 Å². The van der Waals surface area contributed by atoms with Gasteiger partial charge in [0, 0.05) is 11.3 Å². The summed E-state index contributed by atoms with van der Waals surface area (Å²) in [5.41, 5.74) is 3.18. The van der Waals surface area contributed by atoms with Crippen LogP contribution in [0, 0.1) is 13.8 Å². The zero-order chi connectivity index (χ0) is 21.0. The number of hydrogen-bond donors (Lipinski definition) is 2. The Balaban J connectivity index is 2.20. The fourth-order valence-corrected chi connectivity index (χ4v) is 3.31. The van der Waals surface area contributed by atoms with Gasteiger partial charge in [-0.1, -0.05) is 0 Å². The minimum Gasteiger partial charge on any atom is -0.493 e. The number of benzene rings is 1. The molecule has 1 aromatic heterocycles. The first kappa shape index (κ1) is 21.5. The molecule has 7 heteroatoms. The quantitative estimate of drug-likeness (QED) is 0.531. The van der Waals surface area contributed by atoms with E-state index in [2.05, 4.69) is 4.98 Å². The van der Waals surface area contributed by atoms with Crippen molar-refractivity contribution in [2.24, 2.45) is 0 Å². The zero-order valence-electron chi connectivity index (χ0n) is 17.6. The lowest BCUT2D eigenvalue weighted by atomic mass is 10.0. The summed E-state index contributed by atoms with van der Waals surface area (Å²) in [5, 5.41) is 0.